The number of nitrogens with zero attached hydrogens (tertiary/aromatic N) is 1. The largest absolute Gasteiger partial charge is 0.397 e. The zero-order valence-electron chi connectivity index (χ0n) is 11.6. The average Bonchev–Trinajstić information content (AvgIpc) is 3.07. The van der Waals surface area contributed by atoms with Crippen molar-refractivity contribution in [1.29, 1.82) is 0 Å². The molecule has 6 heteroatoms. The van der Waals surface area contributed by atoms with E-state index in [0.717, 1.165) is 22.2 Å². The molecule has 1 aromatic carbocycles. The van der Waals surface area contributed by atoms with E-state index in [1.54, 1.807) is 16.8 Å². The molecule has 3 N–H and O–H groups in total. The maximum atomic E-state index is 12.3. The van der Waals surface area contributed by atoms with Crippen molar-refractivity contribution in [3.63, 3.8) is 0 Å². The molecule has 1 amide bonds. The molecule has 0 radical (unpaired) electrons. The first-order valence-corrected chi connectivity index (χ1v) is 8.35. The zero-order chi connectivity index (χ0) is 14.8. The van der Waals surface area contributed by atoms with Crippen LogP contribution in [0, 0.1) is 6.92 Å². The predicted molar refractivity (Wildman–Crippen MR) is 89.1 cm³/mol. The van der Waals surface area contributed by atoms with Crippen molar-refractivity contribution < 1.29 is 4.79 Å². The number of rotatable bonds is 4. The van der Waals surface area contributed by atoms with Gasteiger partial charge in [-0.3, -0.25) is 4.79 Å². The van der Waals surface area contributed by atoms with Crippen molar-refractivity contribution in [3.05, 3.63) is 45.2 Å². The molecular formula is C15H15N3OS2. The first kappa shape index (κ1) is 14.0. The summed E-state index contributed by atoms with van der Waals surface area (Å²) in [6, 6.07) is 6.04. The Morgan fingerprint density at radius 3 is 3.05 bits per heavy atom. The fourth-order valence-electron chi connectivity index (χ4n) is 2.14. The first-order valence-electron chi connectivity index (χ1n) is 6.59. The summed E-state index contributed by atoms with van der Waals surface area (Å²) >= 11 is 3.00. The maximum absolute atomic E-state index is 12.3. The molecular weight excluding hydrogens is 302 g/mol. The Morgan fingerprint density at radius 2 is 2.29 bits per heavy atom. The lowest BCUT2D eigenvalue weighted by molar-refractivity contribution is 0.0959. The summed E-state index contributed by atoms with van der Waals surface area (Å²) in [6.45, 7) is 2.60. The third-order valence-corrected chi connectivity index (χ3v) is 5.04. The van der Waals surface area contributed by atoms with Gasteiger partial charge in [-0.1, -0.05) is 12.1 Å². The number of aromatic nitrogens is 1. The minimum Gasteiger partial charge on any atom is -0.397 e. The number of nitrogens with one attached hydrogen (secondary N) is 1. The monoisotopic (exact) mass is 317 g/mol. The average molecular weight is 317 g/mol. The van der Waals surface area contributed by atoms with Crippen LogP contribution in [0.5, 0.6) is 0 Å². The van der Waals surface area contributed by atoms with E-state index in [1.165, 1.54) is 16.9 Å². The molecule has 0 aliphatic carbocycles. The Hall–Kier alpha value is -1.92. The lowest BCUT2D eigenvalue weighted by atomic mass is 10.1. The molecule has 3 aromatic rings. The molecule has 0 spiro atoms. The molecule has 0 fully saturated rings. The van der Waals surface area contributed by atoms with Crippen molar-refractivity contribution in [2.45, 2.75) is 13.3 Å². The van der Waals surface area contributed by atoms with Crippen LogP contribution in [-0.4, -0.2) is 17.4 Å². The van der Waals surface area contributed by atoms with E-state index >= 15 is 0 Å². The van der Waals surface area contributed by atoms with Gasteiger partial charge in [0.25, 0.3) is 5.91 Å². The highest BCUT2D eigenvalue weighted by molar-refractivity contribution is 7.21. The van der Waals surface area contributed by atoms with Crippen molar-refractivity contribution in [2.75, 3.05) is 12.3 Å². The number of aryl methyl sites for hydroxylation is 1. The SMILES string of the molecule is Cc1ccc2c(N)c(C(=O)NCCc3cscn3)sc2c1. The predicted octanol–water partition coefficient (Wildman–Crippen LogP) is 3.22. The van der Waals surface area contributed by atoms with Crippen LogP contribution in [-0.2, 0) is 6.42 Å². The number of thiophene rings is 1. The van der Waals surface area contributed by atoms with E-state index in [2.05, 4.69) is 16.4 Å². The van der Waals surface area contributed by atoms with E-state index in [0.29, 0.717) is 17.1 Å². The molecule has 4 nitrogen and oxygen atoms in total. The second kappa shape index (κ2) is 5.83. The van der Waals surface area contributed by atoms with E-state index in [9.17, 15) is 4.79 Å². The van der Waals surface area contributed by atoms with Crippen molar-refractivity contribution >= 4 is 44.4 Å². The van der Waals surface area contributed by atoms with E-state index in [4.69, 9.17) is 5.73 Å². The highest BCUT2D eigenvalue weighted by atomic mass is 32.1. The number of nitrogens with two attached hydrogens (primary N) is 1. The molecule has 0 bridgehead atoms. The molecule has 0 atom stereocenters. The lowest BCUT2D eigenvalue weighted by Crippen LogP contribution is -2.25. The quantitative estimate of drug-likeness (QED) is 0.776. The van der Waals surface area contributed by atoms with Crippen LogP contribution in [0.3, 0.4) is 0 Å². The summed E-state index contributed by atoms with van der Waals surface area (Å²) < 4.78 is 1.05. The van der Waals surface area contributed by atoms with E-state index in [-0.39, 0.29) is 5.91 Å². The van der Waals surface area contributed by atoms with Gasteiger partial charge in [0.1, 0.15) is 4.88 Å². The van der Waals surface area contributed by atoms with Gasteiger partial charge in [-0.2, -0.15) is 0 Å². The summed E-state index contributed by atoms with van der Waals surface area (Å²) in [6.07, 6.45) is 0.735. The van der Waals surface area contributed by atoms with Gasteiger partial charge in [-0.25, -0.2) is 4.98 Å². The molecule has 0 saturated heterocycles. The van der Waals surface area contributed by atoms with Gasteiger partial charge in [0.2, 0.25) is 0 Å². The van der Waals surface area contributed by atoms with Gasteiger partial charge in [0.05, 0.1) is 16.9 Å². The molecule has 21 heavy (non-hydrogen) atoms. The molecule has 3 rings (SSSR count). The molecule has 0 aliphatic rings. The van der Waals surface area contributed by atoms with Crippen LogP contribution < -0.4 is 11.1 Å². The van der Waals surface area contributed by atoms with Crippen molar-refractivity contribution in [3.8, 4) is 0 Å². The fraction of sp³-hybridized carbons (Fsp3) is 0.200. The van der Waals surface area contributed by atoms with Crippen LogP contribution in [0.4, 0.5) is 5.69 Å². The molecule has 0 unspecified atom stereocenters. The topological polar surface area (TPSA) is 68.0 Å². The minimum absolute atomic E-state index is 0.110. The molecule has 2 aromatic heterocycles. The van der Waals surface area contributed by atoms with E-state index in [1.807, 2.05) is 24.4 Å². The van der Waals surface area contributed by atoms with Gasteiger partial charge in [-0.15, -0.1) is 22.7 Å². The maximum Gasteiger partial charge on any atom is 0.263 e. The number of carbonyl (C=O) groups excluding carboxylic acids is 1. The first-order chi connectivity index (χ1) is 10.1. The van der Waals surface area contributed by atoms with Crippen LogP contribution in [0.2, 0.25) is 0 Å². The smallest absolute Gasteiger partial charge is 0.263 e. The highest BCUT2D eigenvalue weighted by Crippen LogP contribution is 2.34. The summed E-state index contributed by atoms with van der Waals surface area (Å²) in [5.41, 5.74) is 10.6. The number of benzene rings is 1. The van der Waals surface area contributed by atoms with Crippen molar-refractivity contribution in [2.24, 2.45) is 0 Å². The Morgan fingerprint density at radius 1 is 1.43 bits per heavy atom. The van der Waals surface area contributed by atoms with Crippen LogP contribution in [0.25, 0.3) is 10.1 Å². The molecule has 108 valence electrons. The fourth-order valence-corrected chi connectivity index (χ4v) is 3.87. The second-order valence-electron chi connectivity index (χ2n) is 4.83. The lowest BCUT2D eigenvalue weighted by Gasteiger charge is -2.02. The van der Waals surface area contributed by atoms with Crippen molar-refractivity contribution in [1.82, 2.24) is 10.3 Å². The number of fused-ring (bicyclic) bond motifs is 1. The van der Waals surface area contributed by atoms with Gasteiger partial charge in [0, 0.05) is 28.4 Å². The number of nitrogen functional groups attached to an aromatic ring is 1. The van der Waals surface area contributed by atoms with E-state index < -0.39 is 0 Å². The zero-order valence-corrected chi connectivity index (χ0v) is 13.2. The van der Waals surface area contributed by atoms with Gasteiger partial charge >= 0.3 is 0 Å². The number of carbonyl (C=O) groups is 1. The summed E-state index contributed by atoms with van der Waals surface area (Å²) in [7, 11) is 0. The Labute approximate surface area is 130 Å². The Balaban J connectivity index is 1.73. The van der Waals surface area contributed by atoms with Gasteiger partial charge < -0.3 is 11.1 Å². The number of hydrogen-bond donors (Lipinski definition) is 2. The third-order valence-electron chi connectivity index (χ3n) is 3.24. The van der Waals surface area contributed by atoms with Gasteiger partial charge in [-0.05, 0) is 18.6 Å². The standard InChI is InChI=1S/C15H15N3OS2/c1-9-2-3-11-12(6-9)21-14(13(11)16)15(19)17-5-4-10-7-20-8-18-10/h2-3,6-8H,4-5,16H2,1H3,(H,17,19). The van der Waals surface area contributed by atoms with Crippen LogP contribution >= 0.6 is 22.7 Å². The summed E-state index contributed by atoms with van der Waals surface area (Å²) in [4.78, 5) is 17.0. The Kier molecular flexibility index (Phi) is 3.90. The third kappa shape index (κ3) is 2.91. The summed E-state index contributed by atoms with van der Waals surface area (Å²) in [5.74, 6) is -0.110. The minimum atomic E-state index is -0.110. The number of thiazole rings is 1. The molecule has 0 saturated carbocycles. The highest BCUT2D eigenvalue weighted by Gasteiger charge is 2.16. The molecule has 2 heterocycles. The van der Waals surface area contributed by atoms with Gasteiger partial charge in [0.15, 0.2) is 0 Å². The number of hydrogen-bond acceptors (Lipinski definition) is 5. The summed E-state index contributed by atoms with van der Waals surface area (Å²) in [5, 5.41) is 5.85. The van der Waals surface area contributed by atoms with Crippen LogP contribution in [0.15, 0.2) is 29.1 Å². The number of anilines is 1. The second-order valence-corrected chi connectivity index (χ2v) is 6.60. The number of amides is 1. The normalized spacial score (nSPS) is 10.9. The van der Waals surface area contributed by atoms with Crippen LogP contribution in [0.1, 0.15) is 20.9 Å². The molecule has 0 aliphatic heterocycles. The Bertz CT molecular complexity index is 778.